The Morgan fingerprint density at radius 3 is 2.58 bits per heavy atom. The lowest BCUT2D eigenvalue weighted by molar-refractivity contribution is 0.0791. The summed E-state index contributed by atoms with van der Waals surface area (Å²) in [5.74, 6) is 1.87. The Morgan fingerprint density at radius 2 is 1.90 bits per heavy atom. The number of ether oxygens (including phenoxy) is 1. The molecule has 0 radical (unpaired) electrons. The molecule has 2 aromatic heterocycles. The first kappa shape index (κ1) is 28.5. The molecule has 0 spiro atoms. The van der Waals surface area contributed by atoms with Crippen molar-refractivity contribution in [2.24, 2.45) is 7.05 Å². The molecular formula is C32H38N6O2. The molecule has 2 aromatic carbocycles. The number of benzene rings is 2. The van der Waals surface area contributed by atoms with Gasteiger partial charge in [0.2, 0.25) is 0 Å². The van der Waals surface area contributed by atoms with Gasteiger partial charge in [0.1, 0.15) is 11.6 Å². The molecule has 0 atom stereocenters. The van der Waals surface area contributed by atoms with Crippen molar-refractivity contribution >= 4 is 22.6 Å². The van der Waals surface area contributed by atoms with E-state index in [1.54, 1.807) is 16.7 Å². The SMILES string of the molecule is C=C(C)/C=C(\C)N(Cc1nc(N(C)Cc2cnn(C)c2)c2ccccc2n1)C(=O)c1cc(OC)ccc1CCC. The second-order valence-corrected chi connectivity index (χ2v) is 10.2. The van der Waals surface area contributed by atoms with Crippen LogP contribution >= 0.6 is 0 Å². The van der Waals surface area contributed by atoms with E-state index in [0.29, 0.717) is 23.7 Å². The van der Waals surface area contributed by atoms with Crippen molar-refractivity contribution in [2.75, 3.05) is 19.1 Å². The van der Waals surface area contributed by atoms with Gasteiger partial charge in [-0.25, -0.2) is 9.97 Å². The number of hydrogen-bond donors (Lipinski definition) is 0. The van der Waals surface area contributed by atoms with Crippen LogP contribution in [0.3, 0.4) is 0 Å². The zero-order valence-electron chi connectivity index (χ0n) is 24.3. The van der Waals surface area contributed by atoms with Crippen molar-refractivity contribution in [1.82, 2.24) is 24.6 Å². The molecule has 1 amide bonds. The van der Waals surface area contributed by atoms with Gasteiger partial charge in [-0.05, 0) is 56.2 Å². The number of allylic oxidation sites excluding steroid dienone is 3. The summed E-state index contributed by atoms with van der Waals surface area (Å²) in [4.78, 5) is 27.9. The number of anilines is 1. The van der Waals surface area contributed by atoms with E-state index in [9.17, 15) is 4.79 Å². The van der Waals surface area contributed by atoms with Crippen LogP contribution in [-0.2, 0) is 26.6 Å². The molecular weight excluding hydrogens is 500 g/mol. The fraction of sp³-hybridized carbons (Fsp3) is 0.312. The highest BCUT2D eigenvalue weighted by Crippen LogP contribution is 2.27. The lowest BCUT2D eigenvalue weighted by atomic mass is 10.0. The number of methoxy groups -OCH3 is 1. The summed E-state index contributed by atoms with van der Waals surface area (Å²) in [6.45, 7) is 10.8. The third-order valence-electron chi connectivity index (χ3n) is 6.66. The van der Waals surface area contributed by atoms with E-state index < -0.39 is 0 Å². The zero-order valence-corrected chi connectivity index (χ0v) is 24.3. The molecule has 0 aliphatic rings. The summed E-state index contributed by atoms with van der Waals surface area (Å²) in [6.07, 6.45) is 7.48. The quantitative estimate of drug-likeness (QED) is 0.215. The second-order valence-electron chi connectivity index (χ2n) is 10.2. The highest BCUT2D eigenvalue weighted by atomic mass is 16.5. The average Bonchev–Trinajstić information content (AvgIpc) is 3.34. The fourth-order valence-corrected chi connectivity index (χ4v) is 4.82. The largest absolute Gasteiger partial charge is 0.497 e. The summed E-state index contributed by atoms with van der Waals surface area (Å²) in [5.41, 5.74) is 5.12. The first-order chi connectivity index (χ1) is 19.2. The number of rotatable bonds is 11. The van der Waals surface area contributed by atoms with Gasteiger partial charge in [-0.3, -0.25) is 9.48 Å². The normalized spacial score (nSPS) is 11.5. The molecule has 4 rings (SSSR count). The van der Waals surface area contributed by atoms with Gasteiger partial charge in [-0.1, -0.05) is 43.7 Å². The van der Waals surface area contributed by atoms with Crippen molar-refractivity contribution in [3.8, 4) is 5.75 Å². The number of carbonyl (C=O) groups excluding carboxylic acids is 1. The van der Waals surface area contributed by atoms with E-state index in [-0.39, 0.29) is 12.5 Å². The van der Waals surface area contributed by atoms with E-state index in [0.717, 1.165) is 52.0 Å². The second kappa shape index (κ2) is 12.6. The number of carbonyl (C=O) groups is 1. The van der Waals surface area contributed by atoms with Crippen molar-refractivity contribution in [1.29, 1.82) is 0 Å². The smallest absolute Gasteiger partial charge is 0.258 e. The summed E-state index contributed by atoms with van der Waals surface area (Å²) in [5, 5.41) is 5.24. The standard InChI is InChI=1S/C32H38N6O2/c1-8-11-25-14-15-26(40-7)17-28(25)32(39)38(23(4)16-22(2)3)21-30-34-29-13-10-9-12-27(29)31(35-30)36(5)19-24-18-33-37(6)20-24/h9-10,12-18,20H,2,8,11,19,21H2,1,3-7H3/b23-16+. The van der Waals surface area contributed by atoms with E-state index in [4.69, 9.17) is 14.7 Å². The minimum Gasteiger partial charge on any atom is -0.497 e. The Balaban J connectivity index is 1.78. The van der Waals surface area contributed by atoms with Gasteiger partial charge in [0.25, 0.3) is 5.91 Å². The van der Waals surface area contributed by atoms with Crippen LogP contribution in [-0.4, -0.2) is 44.7 Å². The van der Waals surface area contributed by atoms with Crippen molar-refractivity contribution < 1.29 is 9.53 Å². The lowest BCUT2D eigenvalue weighted by Gasteiger charge is -2.26. The fourth-order valence-electron chi connectivity index (χ4n) is 4.82. The number of amides is 1. The van der Waals surface area contributed by atoms with E-state index >= 15 is 0 Å². The van der Waals surface area contributed by atoms with E-state index in [1.165, 1.54) is 0 Å². The van der Waals surface area contributed by atoms with Crippen molar-refractivity contribution in [3.63, 3.8) is 0 Å². The van der Waals surface area contributed by atoms with Crippen molar-refractivity contribution in [2.45, 2.75) is 46.7 Å². The Bertz CT molecular complexity index is 1550. The Morgan fingerprint density at radius 1 is 1.12 bits per heavy atom. The highest BCUT2D eigenvalue weighted by Gasteiger charge is 2.23. The van der Waals surface area contributed by atoms with E-state index in [2.05, 4.69) is 23.5 Å². The number of nitrogens with zero attached hydrogens (tertiary/aromatic N) is 6. The van der Waals surface area contributed by atoms with Crippen LogP contribution in [0.5, 0.6) is 5.75 Å². The van der Waals surface area contributed by atoms with Crippen LogP contribution in [0, 0.1) is 0 Å². The zero-order chi connectivity index (χ0) is 28.8. The molecule has 0 N–H and O–H groups in total. The monoisotopic (exact) mass is 538 g/mol. The third-order valence-corrected chi connectivity index (χ3v) is 6.66. The molecule has 0 saturated carbocycles. The first-order valence-electron chi connectivity index (χ1n) is 13.5. The maximum absolute atomic E-state index is 14.2. The molecule has 2 heterocycles. The number of hydrogen-bond acceptors (Lipinski definition) is 6. The van der Waals surface area contributed by atoms with Gasteiger partial charge in [-0.15, -0.1) is 0 Å². The van der Waals surface area contributed by atoms with Gasteiger partial charge in [-0.2, -0.15) is 5.10 Å². The summed E-state index contributed by atoms with van der Waals surface area (Å²) in [6, 6.07) is 13.7. The first-order valence-corrected chi connectivity index (χ1v) is 13.5. The molecule has 40 heavy (non-hydrogen) atoms. The molecule has 0 aliphatic carbocycles. The van der Waals surface area contributed by atoms with Crippen LogP contribution in [0.15, 0.2) is 78.8 Å². The molecule has 208 valence electrons. The molecule has 0 bridgehead atoms. The summed E-state index contributed by atoms with van der Waals surface area (Å²) < 4.78 is 7.26. The van der Waals surface area contributed by atoms with E-state index in [1.807, 2.05) is 88.9 Å². The topological polar surface area (TPSA) is 76.4 Å². The Labute approximate surface area is 236 Å². The molecule has 0 fully saturated rings. The maximum Gasteiger partial charge on any atom is 0.258 e. The number of para-hydroxylation sites is 1. The lowest BCUT2D eigenvalue weighted by Crippen LogP contribution is -2.31. The minimum absolute atomic E-state index is 0.126. The third kappa shape index (κ3) is 6.57. The van der Waals surface area contributed by atoms with Crippen LogP contribution in [0.4, 0.5) is 5.82 Å². The Hall–Kier alpha value is -4.46. The van der Waals surface area contributed by atoms with Crippen molar-refractivity contribution in [3.05, 3.63) is 101 Å². The number of fused-ring (bicyclic) bond motifs is 1. The molecule has 8 nitrogen and oxygen atoms in total. The van der Waals surface area contributed by atoms with Crippen LogP contribution in [0.1, 0.15) is 54.5 Å². The number of aryl methyl sites for hydroxylation is 2. The average molecular weight is 539 g/mol. The van der Waals surface area contributed by atoms with Gasteiger partial charge >= 0.3 is 0 Å². The molecule has 4 aromatic rings. The van der Waals surface area contributed by atoms with Crippen LogP contribution < -0.4 is 9.64 Å². The van der Waals surface area contributed by atoms with Crippen LogP contribution in [0.25, 0.3) is 10.9 Å². The summed E-state index contributed by atoms with van der Waals surface area (Å²) in [7, 11) is 5.52. The predicted octanol–water partition coefficient (Wildman–Crippen LogP) is 6.08. The molecule has 8 heteroatoms. The van der Waals surface area contributed by atoms with Gasteiger partial charge in [0.15, 0.2) is 5.82 Å². The molecule has 0 aliphatic heterocycles. The van der Waals surface area contributed by atoms with Gasteiger partial charge < -0.3 is 14.5 Å². The molecule has 0 saturated heterocycles. The maximum atomic E-state index is 14.2. The van der Waals surface area contributed by atoms with Gasteiger partial charge in [0.05, 0.1) is 25.4 Å². The number of aromatic nitrogens is 4. The van der Waals surface area contributed by atoms with Crippen LogP contribution in [0.2, 0.25) is 0 Å². The Kier molecular flexibility index (Phi) is 8.99. The molecule has 0 unspecified atom stereocenters. The minimum atomic E-state index is -0.126. The predicted molar refractivity (Wildman–Crippen MR) is 160 cm³/mol. The van der Waals surface area contributed by atoms with Gasteiger partial charge in [0, 0.05) is 49.0 Å². The highest BCUT2D eigenvalue weighted by molar-refractivity contribution is 5.97. The summed E-state index contributed by atoms with van der Waals surface area (Å²) >= 11 is 0.